The number of aryl methyl sites for hydroxylation is 2. The van der Waals surface area contributed by atoms with Crippen molar-refractivity contribution in [1.29, 1.82) is 0 Å². The molecule has 5 nitrogen and oxygen atoms in total. The van der Waals surface area contributed by atoms with Gasteiger partial charge in [0.2, 0.25) is 0 Å². The summed E-state index contributed by atoms with van der Waals surface area (Å²) in [6.45, 7) is 2.91. The summed E-state index contributed by atoms with van der Waals surface area (Å²) >= 11 is 0. The number of nitrogens with one attached hydrogen (secondary N) is 3. The Bertz CT molecular complexity index is 881. The second-order valence-electron chi connectivity index (χ2n) is 7.63. The molecule has 0 saturated heterocycles. The van der Waals surface area contributed by atoms with Gasteiger partial charge in [-0.05, 0) is 73.4 Å². The molecule has 0 aromatic heterocycles. The molecule has 6 heteroatoms. The lowest BCUT2D eigenvalue weighted by molar-refractivity contribution is 0.0963. The van der Waals surface area contributed by atoms with Crippen LogP contribution in [-0.4, -0.2) is 32.5 Å². The number of aliphatic imine (C=N–C) groups is 1. The average molecular weight is 520 g/mol. The van der Waals surface area contributed by atoms with E-state index in [4.69, 9.17) is 0 Å². The molecular formula is C24H33IN4O. The summed E-state index contributed by atoms with van der Waals surface area (Å²) in [6.07, 6.45) is 5.82. The number of guanidine groups is 1. The van der Waals surface area contributed by atoms with Crippen LogP contribution in [0.25, 0.3) is 0 Å². The van der Waals surface area contributed by atoms with Crippen LogP contribution in [-0.2, 0) is 19.3 Å². The average Bonchev–Trinajstić information content (AvgIpc) is 2.77. The molecule has 162 valence electrons. The van der Waals surface area contributed by atoms with Gasteiger partial charge in [0.05, 0.1) is 6.04 Å². The van der Waals surface area contributed by atoms with Crippen molar-refractivity contribution in [3.63, 3.8) is 0 Å². The molecule has 3 rings (SSSR count). The predicted octanol–water partition coefficient (Wildman–Crippen LogP) is 4.01. The largest absolute Gasteiger partial charge is 0.356 e. The first-order chi connectivity index (χ1) is 14.1. The summed E-state index contributed by atoms with van der Waals surface area (Å²) in [7, 11) is 3.44. The minimum atomic E-state index is -0.0591. The van der Waals surface area contributed by atoms with E-state index in [0.717, 1.165) is 24.5 Å². The van der Waals surface area contributed by atoms with Gasteiger partial charge < -0.3 is 16.0 Å². The van der Waals surface area contributed by atoms with Crippen molar-refractivity contribution in [3.05, 3.63) is 70.3 Å². The zero-order chi connectivity index (χ0) is 20.6. The third kappa shape index (κ3) is 6.45. The zero-order valence-corrected chi connectivity index (χ0v) is 20.5. The van der Waals surface area contributed by atoms with E-state index in [1.54, 1.807) is 14.1 Å². The quantitative estimate of drug-likeness (QED) is 0.307. The highest BCUT2D eigenvalue weighted by atomic mass is 127. The van der Waals surface area contributed by atoms with Gasteiger partial charge in [-0.1, -0.05) is 30.3 Å². The van der Waals surface area contributed by atoms with E-state index in [-0.39, 0.29) is 35.9 Å². The van der Waals surface area contributed by atoms with Gasteiger partial charge in [-0.15, -0.1) is 24.0 Å². The molecule has 0 spiro atoms. The number of carbonyl (C=O) groups is 1. The van der Waals surface area contributed by atoms with Crippen LogP contribution >= 0.6 is 24.0 Å². The molecule has 2 aromatic carbocycles. The maximum atomic E-state index is 11.8. The molecule has 1 amide bonds. The summed E-state index contributed by atoms with van der Waals surface area (Å²) in [5, 5.41) is 9.54. The zero-order valence-electron chi connectivity index (χ0n) is 18.1. The molecule has 0 fully saturated rings. The number of benzene rings is 2. The first kappa shape index (κ1) is 24.2. The first-order valence-electron chi connectivity index (χ1n) is 10.5. The van der Waals surface area contributed by atoms with E-state index in [0.29, 0.717) is 5.56 Å². The number of halogens is 1. The van der Waals surface area contributed by atoms with E-state index in [1.165, 1.54) is 42.4 Å². The Morgan fingerprint density at radius 3 is 2.60 bits per heavy atom. The maximum Gasteiger partial charge on any atom is 0.251 e. The molecule has 0 aliphatic heterocycles. The van der Waals surface area contributed by atoms with Crippen molar-refractivity contribution in [2.45, 2.75) is 45.1 Å². The van der Waals surface area contributed by atoms with Crippen LogP contribution in [0.1, 0.15) is 58.4 Å². The van der Waals surface area contributed by atoms with Crippen LogP contribution in [0.15, 0.2) is 47.5 Å². The second kappa shape index (κ2) is 11.9. The van der Waals surface area contributed by atoms with Crippen LogP contribution in [0.5, 0.6) is 0 Å². The van der Waals surface area contributed by atoms with E-state index in [2.05, 4.69) is 46.1 Å². The van der Waals surface area contributed by atoms with Gasteiger partial charge in [-0.25, -0.2) is 0 Å². The van der Waals surface area contributed by atoms with Crippen molar-refractivity contribution in [2.75, 3.05) is 20.6 Å². The minimum Gasteiger partial charge on any atom is -0.356 e. The topological polar surface area (TPSA) is 65.5 Å². The highest BCUT2D eigenvalue weighted by Crippen LogP contribution is 2.24. The molecule has 0 heterocycles. The fourth-order valence-electron chi connectivity index (χ4n) is 3.84. The highest BCUT2D eigenvalue weighted by molar-refractivity contribution is 14.0. The standard InChI is InChI=1S/C24H32N4O.HI/c1-17(20-12-11-19-8-4-5-9-21(19)16-20)28-24(26-3)27-14-13-18-7-6-10-22(15-18)23(29)25-2;/h6-7,10-12,15-17H,4-5,8-9,13-14H2,1-3H3,(H,25,29)(H2,26,27,28);1H. The Morgan fingerprint density at radius 2 is 1.87 bits per heavy atom. The molecule has 30 heavy (non-hydrogen) atoms. The molecule has 3 N–H and O–H groups in total. The van der Waals surface area contributed by atoms with Gasteiger partial charge >= 0.3 is 0 Å². The highest BCUT2D eigenvalue weighted by Gasteiger charge is 2.13. The lowest BCUT2D eigenvalue weighted by atomic mass is 9.89. The summed E-state index contributed by atoms with van der Waals surface area (Å²) in [5.41, 5.74) is 6.12. The molecule has 0 radical (unpaired) electrons. The summed E-state index contributed by atoms with van der Waals surface area (Å²) in [5.74, 6) is 0.730. The summed E-state index contributed by atoms with van der Waals surface area (Å²) in [6, 6.07) is 14.8. The van der Waals surface area contributed by atoms with Gasteiger partial charge in [0.25, 0.3) is 5.91 Å². The first-order valence-corrected chi connectivity index (χ1v) is 10.5. The number of hydrogen-bond donors (Lipinski definition) is 3. The monoisotopic (exact) mass is 520 g/mol. The van der Waals surface area contributed by atoms with Gasteiger partial charge in [0, 0.05) is 26.2 Å². The van der Waals surface area contributed by atoms with E-state index in [1.807, 2.05) is 24.3 Å². The lowest BCUT2D eigenvalue weighted by Crippen LogP contribution is -2.39. The Kier molecular flexibility index (Phi) is 9.62. The van der Waals surface area contributed by atoms with Crippen LogP contribution in [0.4, 0.5) is 0 Å². The Labute approximate surface area is 197 Å². The number of rotatable bonds is 6. The Hall–Kier alpha value is -2.09. The minimum absolute atomic E-state index is 0. The normalized spacial score (nSPS) is 14.2. The lowest BCUT2D eigenvalue weighted by Gasteiger charge is -2.21. The predicted molar refractivity (Wildman–Crippen MR) is 135 cm³/mol. The summed E-state index contributed by atoms with van der Waals surface area (Å²) in [4.78, 5) is 16.1. The van der Waals surface area contributed by atoms with Crippen LogP contribution in [0.3, 0.4) is 0 Å². The number of nitrogens with zero attached hydrogens (tertiary/aromatic N) is 1. The van der Waals surface area contributed by atoms with Gasteiger partial charge in [-0.2, -0.15) is 0 Å². The fourth-order valence-corrected chi connectivity index (χ4v) is 3.84. The van der Waals surface area contributed by atoms with Crippen molar-refractivity contribution in [1.82, 2.24) is 16.0 Å². The molecular weight excluding hydrogens is 487 g/mol. The molecule has 1 aliphatic carbocycles. The van der Waals surface area contributed by atoms with Crippen molar-refractivity contribution in [3.8, 4) is 0 Å². The van der Waals surface area contributed by atoms with Crippen LogP contribution in [0, 0.1) is 0 Å². The third-order valence-electron chi connectivity index (χ3n) is 5.57. The summed E-state index contributed by atoms with van der Waals surface area (Å²) < 4.78 is 0. The van der Waals surface area contributed by atoms with Crippen molar-refractivity contribution in [2.24, 2.45) is 4.99 Å². The number of carbonyl (C=O) groups excluding carboxylic acids is 1. The van der Waals surface area contributed by atoms with Crippen LogP contribution in [0.2, 0.25) is 0 Å². The Balaban J connectivity index is 0.00000320. The number of amides is 1. The van der Waals surface area contributed by atoms with E-state index < -0.39 is 0 Å². The number of fused-ring (bicyclic) bond motifs is 1. The Morgan fingerprint density at radius 1 is 1.10 bits per heavy atom. The van der Waals surface area contributed by atoms with Gasteiger partial charge in [0.1, 0.15) is 0 Å². The van der Waals surface area contributed by atoms with E-state index >= 15 is 0 Å². The van der Waals surface area contributed by atoms with E-state index in [9.17, 15) is 4.79 Å². The molecule has 1 unspecified atom stereocenters. The smallest absolute Gasteiger partial charge is 0.251 e. The molecule has 0 bridgehead atoms. The fraction of sp³-hybridized carbons (Fsp3) is 0.417. The van der Waals surface area contributed by atoms with Gasteiger partial charge in [0.15, 0.2) is 5.96 Å². The third-order valence-corrected chi connectivity index (χ3v) is 5.57. The molecule has 1 atom stereocenters. The molecule has 2 aromatic rings. The van der Waals surface area contributed by atoms with Crippen molar-refractivity contribution >= 4 is 35.8 Å². The number of hydrogen-bond acceptors (Lipinski definition) is 2. The molecule has 0 saturated carbocycles. The SMILES string of the molecule is CN=C(NCCc1cccc(C(=O)NC)c1)NC(C)c1ccc2c(c1)CCCC2.I. The maximum absolute atomic E-state index is 11.8. The van der Waals surface area contributed by atoms with Crippen LogP contribution < -0.4 is 16.0 Å². The van der Waals surface area contributed by atoms with Crippen molar-refractivity contribution < 1.29 is 4.79 Å². The van der Waals surface area contributed by atoms with Gasteiger partial charge in [-0.3, -0.25) is 9.79 Å². The molecule has 1 aliphatic rings. The second-order valence-corrected chi connectivity index (χ2v) is 7.63.